The molecular formula is C22H29BrN2O3. The lowest BCUT2D eigenvalue weighted by Crippen LogP contribution is -2.40. The van der Waals surface area contributed by atoms with E-state index in [0.717, 1.165) is 54.4 Å². The summed E-state index contributed by atoms with van der Waals surface area (Å²) in [5.74, 6) is 0.124. The van der Waals surface area contributed by atoms with Gasteiger partial charge in [0.15, 0.2) is 0 Å². The maximum atomic E-state index is 12.5. The lowest BCUT2D eigenvalue weighted by Gasteiger charge is -2.31. The number of rotatable bonds is 2. The van der Waals surface area contributed by atoms with Gasteiger partial charge in [0.25, 0.3) is 5.91 Å². The normalized spacial score (nSPS) is 17.6. The van der Waals surface area contributed by atoms with Gasteiger partial charge in [-0.25, -0.2) is 4.79 Å². The first-order valence-electron chi connectivity index (χ1n) is 10.00. The highest BCUT2D eigenvalue weighted by atomic mass is 79.9. The highest BCUT2D eigenvalue weighted by molar-refractivity contribution is 9.15. The van der Waals surface area contributed by atoms with E-state index in [9.17, 15) is 9.59 Å². The zero-order valence-electron chi connectivity index (χ0n) is 17.0. The van der Waals surface area contributed by atoms with Crippen LogP contribution in [0, 0.1) is 0 Å². The van der Waals surface area contributed by atoms with Gasteiger partial charge in [0.1, 0.15) is 5.60 Å². The van der Waals surface area contributed by atoms with Crippen LogP contribution >= 0.6 is 15.9 Å². The Labute approximate surface area is 175 Å². The number of nitrogens with zero attached hydrogens (tertiary/aromatic N) is 2. The van der Waals surface area contributed by atoms with Crippen LogP contribution in [0.15, 0.2) is 29.8 Å². The van der Waals surface area contributed by atoms with Gasteiger partial charge in [-0.15, -0.1) is 0 Å². The van der Waals surface area contributed by atoms with E-state index in [1.165, 1.54) is 5.57 Å². The predicted molar refractivity (Wildman–Crippen MR) is 114 cm³/mol. The van der Waals surface area contributed by atoms with Gasteiger partial charge in [-0.2, -0.15) is 0 Å². The molecule has 1 aromatic rings. The maximum Gasteiger partial charge on any atom is 0.410 e. The van der Waals surface area contributed by atoms with Crippen LogP contribution in [-0.4, -0.2) is 53.6 Å². The van der Waals surface area contributed by atoms with Crippen molar-refractivity contribution in [2.45, 2.75) is 52.1 Å². The molecule has 5 nitrogen and oxygen atoms in total. The summed E-state index contributed by atoms with van der Waals surface area (Å²) in [6.45, 7) is 8.69. The molecule has 0 radical (unpaired) electrons. The van der Waals surface area contributed by atoms with Gasteiger partial charge in [0.2, 0.25) is 0 Å². The van der Waals surface area contributed by atoms with Crippen molar-refractivity contribution in [2.75, 3.05) is 26.2 Å². The fourth-order valence-electron chi connectivity index (χ4n) is 3.57. The van der Waals surface area contributed by atoms with Crippen LogP contribution in [0.4, 0.5) is 4.79 Å². The number of amides is 2. The third-order valence-electron chi connectivity index (χ3n) is 5.11. The molecule has 2 heterocycles. The highest BCUT2D eigenvalue weighted by Crippen LogP contribution is 2.32. The van der Waals surface area contributed by atoms with Crippen LogP contribution in [0.3, 0.4) is 0 Å². The predicted octanol–water partition coefficient (Wildman–Crippen LogP) is 5.06. The molecule has 0 N–H and O–H groups in total. The molecule has 2 saturated heterocycles. The van der Waals surface area contributed by atoms with Gasteiger partial charge in [-0.3, -0.25) is 4.79 Å². The van der Waals surface area contributed by atoms with Crippen molar-refractivity contribution in [3.05, 3.63) is 41.0 Å². The van der Waals surface area contributed by atoms with Gasteiger partial charge in [-0.05, 0) is 64.2 Å². The Morgan fingerprint density at radius 1 is 0.893 bits per heavy atom. The van der Waals surface area contributed by atoms with Crippen LogP contribution < -0.4 is 0 Å². The molecule has 2 aliphatic rings. The van der Waals surface area contributed by atoms with E-state index in [1.54, 1.807) is 4.90 Å². The summed E-state index contributed by atoms with van der Waals surface area (Å²) in [4.78, 5) is 28.4. The summed E-state index contributed by atoms with van der Waals surface area (Å²) < 4.78 is 6.52. The highest BCUT2D eigenvalue weighted by Gasteiger charge is 2.26. The third kappa shape index (κ3) is 5.16. The van der Waals surface area contributed by atoms with E-state index in [-0.39, 0.29) is 12.0 Å². The first-order chi connectivity index (χ1) is 13.2. The Kier molecular flexibility index (Phi) is 6.48. The van der Waals surface area contributed by atoms with E-state index < -0.39 is 5.60 Å². The lowest BCUT2D eigenvalue weighted by atomic mass is 10.0. The van der Waals surface area contributed by atoms with Crippen molar-refractivity contribution >= 4 is 32.4 Å². The Morgan fingerprint density at radius 3 is 1.96 bits per heavy atom. The molecule has 2 amide bonds. The van der Waals surface area contributed by atoms with Crippen LogP contribution in [0.1, 0.15) is 62.4 Å². The molecule has 0 bridgehead atoms. The number of benzene rings is 1. The van der Waals surface area contributed by atoms with Crippen LogP contribution in [0.5, 0.6) is 0 Å². The van der Waals surface area contributed by atoms with Gasteiger partial charge < -0.3 is 14.5 Å². The summed E-state index contributed by atoms with van der Waals surface area (Å²) in [5.41, 5.74) is 2.63. The van der Waals surface area contributed by atoms with E-state index in [0.29, 0.717) is 13.1 Å². The lowest BCUT2D eigenvalue weighted by molar-refractivity contribution is 0.0236. The summed E-state index contributed by atoms with van der Waals surface area (Å²) in [7, 11) is 0. The largest absolute Gasteiger partial charge is 0.444 e. The van der Waals surface area contributed by atoms with Crippen molar-refractivity contribution in [1.29, 1.82) is 0 Å². The molecule has 2 fully saturated rings. The molecule has 0 atom stereocenters. The molecular weight excluding hydrogens is 420 g/mol. The average Bonchev–Trinajstić information content (AvgIpc) is 3.20. The van der Waals surface area contributed by atoms with E-state index in [1.807, 2.05) is 49.9 Å². The average molecular weight is 449 g/mol. The van der Waals surface area contributed by atoms with E-state index in [4.69, 9.17) is 4.74 Å². The number of carbonyl (C=O) groups is 2. The Hall–Kier alpha value is -1.82. The molecule has 0 aliphatic carbocycles. The molecule has 3 rings (SSSR count). The van der Waals surface area contributed by atoms with Crippen molar-refractivity contribution in [2.24, 2.45) is 0 Å². The van der Waals surface area contributed by atoms with Crippen molar-refractivity contribution in [1.82, 2.24) is 9.80 Å². The van der Waals surface area contributed by atoms with Gasteiger partial charge in [-0.1, -0.05) is 33.6 Å². The number of piperidine rings is 1. The number of hydrogen-bond acceptors (Lipinski definition) is 3. The molecule has 6 heteroatoms. The molecule has 0 spiro atoms. The second-order valence-corrected chi connectivity index (χ2v) is 9.25. The minimum absolute atomic E-state index is 0.124. The smallest absolute Gasteiger partial charge is 0.410 e. The molecule has 0 unspecified atom stereocenters. The standard InChI is InChI=1S/C22H29BrN2O3/c1-22(2,3)28-21(27)25-14-10-17(11-15-25)19(23)16-6-8-18(9-7-16)20(26)24-12-4-5-13-24/h6-9H,4-5,10-15H2,1-3H3. The number of likely N-dealkylation sites (tertiary alicyclic amines) is 2. The second-order valence-electron chi connectivity index (χ2n) is 8.46. The molecule has 0 aromatic heterocycles. The van der Waals surface area contributed by atoms with Crippen molar-refractivity contribution in [3.8, 4) is 0 Å². The number of ether oxygens (including phenoxy) is 1. The van der Waals surface area contributed by atoms with Gasteiger partial charge in [0, 0.05) is 36.2 Å². The first kappa shape index (κ1) is 20.9. The summed E-state index contributed by atoms with van der Waals surface area (Å²) in [5, 5.41) is 0. The SMILES string of the molecule is CC(C)(C)OC(=O)N1CCC(=C(Br)c2ccc(C(=O)N3CCCC3)cc2)CC1. The molecule has 1 aromatic carbocycles. The fraction of sp³-hybridized carbons (Fsp3) is 0.545. The second kappa shape index (κ2) is 8.68. The van der Waals surface area contributed by atoms with Crippen LogP contribution in [0.2, 0.25) is 0 Å². The summed E-state index contributed by atoms with van der Waals surface area (Å²) in [6, 6.07) is 7.82. The Morgan fingerprint density at radius 2 is 1.43 bits per heavy atom. The molecule has 0 saturated carbocycles. The Balaban J connectivity index is 1.62. The van der Waals surface area contributed by atoms with Crippen molar-refractivity contribution < 1.29 is 14.3 Å². The third-order valence-corrected chi connectivity index (χ3v) is 6.13. The minimum atomic E-state index is -0.470. The van der Waals surface area contributed by atoms with Crippen LogP contribution in [-0.2, 0) is 4.74 Å². The van der Waals surface area contributed by atoms with Gasteiger partial charge in [0.05, 0.1) is 0 Å². The monoisotopic (exact) mass is 448 g/mol. The molecule has 152 valence electrons. The number of halogens is 1. The fourth-order valence-corrected chi connectivity index (χ4v) is 4.23. The minimum Gasteiger partial charge on any atom is -0.444 e. The van der Waals surface area contributed by atoms with Crippen molar-refractivity contribution in [3.63, 3.8) is 0 Å². The first-order valence-corrected chi connectivity index (χ1v) is 10.8. The van der Waals surface area contributed by atoms with E-state index in [2.05, 4.69) is 15.9 Å². The van der Waals surface area contributed by atoms with Crippen LogP contribution in [0.25, 0.3) is 4.48 Å². The summed E-state index contributed by atoms with van der Waals surface area (Å²) in [6.07, 6.45) is 3.58. The summed E-state index contributed by atoms with van der Waals surface area (Å²) >= 11 is 3.73. The number of carbonyl (C=O) groups excluding carboxylic acids is 2. The molecule has 28 heavy (non-hydrogen) atoms. The maximum absolute atomic E-state index is 12.5. The number of hydrogen-bond donors (Lipinski definition) is 0. The molecule has 2 aliphatic heterocycles. The zero-order valence-corrected chi connectivity index (χ0v) is 18.5. The van der Waals surface area contributed by atoms with Gasteiger partial charge >= 0.3 is 6.09 Å². The Bertz CT molecular complexity index is 749. The zero-order chi connectivity index (χ0) is 20.3. The topological polar surface area (TPSA) is 49.9 Å². The quantitative estimate of drug-likeness (QED) is 0.634. The van der Waals surface area contributed by atoms with E-state index >= 15 is 0 Å².